The molecule has 0 bridgehead atoms. The standard InChI is InChI=1S/C11H17ClN4O3/c1-6(2)4-7(8(17)18)5-13-10-14-9(12)15-11(16-10)19-3/h6-7H,4-5H2,1-3H3,(H,17,18)(H,13,14,15,16)/t7-/m1/s1. The molecule has 0 saturated heterocycles. The second-order valence-electron chi connectivity index (χ2n) is 4.46. The van der Waals surface area contributed by atoms with Crippen molar-refractivity contribution in [3.8, 4) is 6.01 Å². The summed E-state index contributed by atoms with van der Waals surface area (Å²) in [6.07, 6.45) is 0.568. The molecule has 0 aliphatic carbocycles. The number of aliphatic carboxylic acids is 1. The number of carboxylic acid groups (broad SMARTS) is 1. The summed E-state index contributed by atoms with van der Waals surface area (Å²) < 4.78 is 4.85. The van der Waals surface area contributed by atoms with Gasteiger partial charge in [0.1, 0.15) is 0 Å². The van der Waals surface area contributed by atoms with Crippen LogP contribution in [-0.2, 0) is 4.79 Å². The maximum Gasteiger partial charge on any atom is 0.322 e. The fourth-order valence-corrected chi connectivity index (χ4v) is 1.71. The number of hydrogen-bond donors (Lipinski definition) is 2. The van der Waals surface area contributed by atoms with Gasteiger partial charge in [0.2, 0.25) is 11.2 Å². The normalized spacial score (nSPS) is 12.3. The third kappa shape index (κ3) is 5.25. The van der Waals surface area contributed by atoms with Crippen LogP contribution in [0.15, 0.2) is 0 Å². The Hall–Kier alpha value is -1.63. The summed E-state index contributed by atoms with van der Waals surface area (Å²) >= 11 is 5.69. The molecule has 0 unspecified atom stereocenters. The van der Waals surface area contributed by atoms with E-state index in [0.717, 1.165) is 0 Å². The minimum absolute atomic E-state index is 0.00918. The first-order valence-electron chi connectivity index (χ1n) is 5.84. The summed E-state index contributed by atoms with van der Waals surface area (Å²) in [5, 5.41) is 11.9. The van der Waals surface area contributed by atoms with Gasteiger partial charge in [0.25, 0.3) is 0 Å². The first-order chi connectivity index (χ1) is 8.92. The number of carbonyl (C=O) groups is 1. The van der Waals surface area contributed by atoms with E-state index < -0.39 is 11.9 Å². The Kier molecular flexibility index (Phi) is 5.75. The number of carboxylic acids is 1. The SMILES string of the molecule is COc1nc(Cl)nc(NC[C@@H](CC(C)C)C(=O)O)n1. The lowest BCUT2D eigenvalue weighted by atomic mass is 9.97. The zero-order chi connectivity index (χ0) is 14.4. The molecule has 0 fully saturated rings. The Labute approximate surface area is 116 Å². The van der Waals surface area contributed by atoms with Crippen molar-refractivity contribution in [1.82, 2.24) is 15.0 Å². The van der Waals surface area contributed by atoms with E-state index in [1.54, 1.807) is 0 Å². The molecule has 0 amide bonds. The van der Waals surface area contributed by atoms with E-state index in [0.29, 0.717) is 12.3 Å². The van der Waals surface area contributed by atoms with Gasteiger partial charge in [-0.3, -0.25) is 4.79 Å². The summed E-state index contributed by atoms with van der Waals surface area (Å²) in [6, 6.07) is 0.0817. The molecule has 8 heteroatoms. The molecule has 0 saturated carbocycles. The minimum Gasteiger partial charge on any atom is -0.481 e. The quantitative estimate of drug-likeness (QED) is 0.788. The van der Waals surface area contributed by atoms with E-state index >= 15 is 0 Å². The van der Waals surface area contributed by atoms with Crippen molar-refractivity contribution < 1.29 is 14.6 Å². The van der Waals surface area contributed by atoms with E-state index in [9.17, 15) is 4.79 Å². The Bertz CT molecular complexity index is 442. The lowest BCUT2D eigenvalue weighted by Gasteiger charge is -2.15. The van der Waals surface area contributed by atoms with Crippen LogP contribution in [0.2, 0.25) is 5.28 Å². The van der Waals surface area contributed by atoms with Gasteiger partial charge in [-0.2, -0.15) is 15.0 Å². The second kappa shape index (κ2) is 7.08. The van der Waals surface area contributed by atoms with Gasteiger partial charge in [0.15, 0.2) is 0 Å². The first-order valence-corrected chi connectivity index (χ1v) is 6.22. The number of methoxy groups -OCH3 is 1. The summed E-state index contributed by atoms with van der Waals surface area (Å²) in [4.78, 5) is 22.6. The highest BCUT2D eigenvalue weighted by Crippen LogP contribution is 2.15. The van der Waals surface area contributed by atoms with Crippen LogP contribution < -0.4 is 10.1 Å². The number of halogens is 1. The van der Waals surface area contributed by atoms with Crippen LogP contribution in [0.4, 0.5) is 5.95 Å². The summed E-state index contributed by atoms with van der Waals surface area (Å²) in [5.74, 6) is -0.874. The fourth-order valence-electron chi connectivity index (χ4n) is 1.56. The van der Waals surface area contributed by atoms with Gasteiger partial charge in [0, 0.05) is 6.54 Å². The molecule has 1 aromatic rings. The second-order valence-corrected chi connectivity index (χ2v) is 4.80. The third-order valence-electron chi connectivity index (χ3n) is 2.38. The number of nitrogens with zero attached hydrogens (tertiary/aromatic N) is 3. The van der Waals surface area contributed by atoms with Gasteiger partial charge in [-0.15, -0.1) is 0 Å². The van der Waals surface area contributed by atoms with Crippen molar-refractivity contribution in [2.45, 2.75) is 20.3 Å². The van der Waals surface area contributed by atoms with Crippen LogP contribution in [0, 0.1) is 11.8 Å². The predicted molar refractivity (Wildman–Crippen MR) is 70.5 cm³/mol. The van der Waals surface area contributed by atoms with Crippen molar-refractivity contribution in [3.63, 3.8) is 0 Å². The average molecular weight is 289 g/mol. The van der Waals surface area contributed by atoms with Gasteiger partial charge in [-0.25, -0.2) is 0 Å². The number of anilines is 1. The predicted octanol–water partition coefficient (Wildman–Crippen LogP) is 1.69. The molecule has 0 aliphatic rings. The Morgan fingerprint density at radius 1 is 1.42 bits per heavy atom. The van der Waals surface area contributed by atoms with Crippen LogP contribution in [-0.4, -0.2) is 39.7 Å². The third-order valence-corrected chi connectivity index (χ3v) is 2.55. The van der Waals surface area contributed by atoms with Gasteiger partial charge in [0.05, 0.1) is 13.0 Å². The molecule has 1 atom stereocenters. The molecule has 1 aromatic heterocycles. The van der Waals surface area contributed by atoms with Crippen molar-refractivity contribution in [3.05, 3.63) is 5.28 Å². The van der Waals surface area contributed by atoms with E-state index in [4.69, 9.17) is 21.4 Å². The van der Waals surface area contributed by atoms with Gasteiger partial charge >= 0.3 is 12.0 Å². The number of ether oxygens (including phenoxy) is 1. The van der Waals surface area contributed by atoms with Gasteiger partial charge in [-0.05, 0) is 23.9 Å². The van der Waals surface area contributed by atoms with Crippen molar-refractivity contribution in [2.24, 2.45) is 11.8 Å². The zero-order valence-electron chi connectivity index (χ0n) is 11.1. The van der Waals surface area contributed by atoms with E-state index in [1.807, 2.05) is 13.8 Å². The van der Waals surface area contributed by atoms with E-state index in [1.165, 1.54) is 7.11 Å². The van der Waals surface area contributed by atoms with Crippen LogP contribution >= 0.6 is 11.6 Å². The van der Waals surface area contributed by atoms with E-state index in [-0.39, 0.29) is 23.8 Å². The highest BCUT2D eigenvalue weighted by molar-refractivity contribution is 6.28. The first kappa shape index (κ1) is 15.4. The number of aromatic nitrogens is 3. The molecule has 7 nitrogen and oxygen atoms in total. The summed E-state index contributed by atoms with van der Waals surface area (Å²) in [7, 11) is 1.41. The number of hydrogen-bond acceptors (Lipinski definition) is 6. The van der Waals surface area contributed by atoms with Crippen molar-refractivity contribution in [1.29, 1.82) is 0 Å². The molecule has 0 aliphatic heterocycles. The summed E-state index contributed by atoms with van der Waals surface area (Å²) in [5.41, 5.74) is 0. The smallest absolute Gasteiger partial charge is 0.322 e. The summed E-state index contributed by atoms with van der Waals surface area (Å²) in [6.45, 7) is 4.16. The topological polar surface area (TPSA) is 97.2 Å². The maximum atomic E-state index is 11.1. The van der Waals surface area contributed by atoms with E-state index in [2.05, 4.69) is 20.3 Å². The molecule has 0 spiro atoms. The monoisotopic (exact) mass is 288 g/mol. The fraction of sp³-hybridized carbons (Fsp3) is 0.636. The molecule has 19 heavy (non-hydrogen) atoms. The number of rotatable bonds is 7. The number of nitrogens with one attached hydrogen (secondary N) is 1. The Morgan fingerprint density at radius 3 is 2.63 bits per heavy atom. The molecule has 2 N–H and O–H groups in total. The lowest BCUT2D eigenvalue weighted by Crippen LogP contribution is -2.25. The van der Waals surface area contributed by atoms with Crippen LogP contribution in [0.25, 0.3) is 0 Å². The molecule has 1 heterocycles. The van der Waals surface area contributed by atoms with Crippen LogP contribution in [0.5, 0.6) is 6.01 Å². The maximum absolute atomic E-state index is 11.1. The molecule has 1 rings (SSSR count). The lowest BCUT2D eigenvalue weighted by molar-refractivity contribution is -0.141. The van der Waals surface area contributed by atoms with Gasteiger partial charge < -0.3 is 15.2 Å². The molecule has 106 valence electrons. The largest absolute Gasteiger partial charge is 0.481 e. The highest BCUT2D eigenvalue weighted by Gasteiger charge is 2.19. The highest BCUT2D eigenvalue weighted by atomic mass is 35.5. The van der Waals surface area contributed by atoms with Crippen molar-refractivity contribution >= 4 is 23.5 Å². The molecular weight excluding hydrogens is 272 g/mol. The molecular formula is C11H17ClN4O3. The molecule has 0 aromatic carbocycles. The molecule has 0 radical (unpaired) electrons. The Morgan fingerprint density at radius 2 is 2.11 bits per heavy atom. The Balaban J connectivity index is 2.68. The average Bonchev–Trinajstić information content (AvgIpc) is 2.33. The van der Waals surface area contributed by atoms with Crippen LogP contribution in [0.1, 0.15) is 20.3 Å². The zero-order valence-corrected chi connectivity index (χ0v) is 11.8. The van der Waals surface area contributed by atoms with Gasteiger partial charge in [-0.1, -0.05) is 13.8 Å². The van der Waals surface area contributed by atoms with Crippen LogP contribution in [0.3, 0.4) is 0 Å². The minimum atomic E-state index is -0.853. The van der Waals surface area contributed by atoms with Crippen molar-refractivity contribution in [2.75, 3.05) is 19.0 Å².